The molecule has 0 fully saturated rings. The second-order valence-electron chi connectivity index (χ2n) is 3.62. The van der Waals surface area contributed by atoms with Crippen molar-refractivity contribution >= 4 is 17.7 Å². The number of rotatable bonds is 1. The van der Waals surface area contributed by atoms with Gasteiger partial charge >= 0.3 is 5.97 Å². The zero-order chi connectivity index (χ0) is 11.7. The molecule has 0 aromatic rings. The summed E-state index contributed by atoms with van der Waals surface area (Å²) in [5.74, 6) is -1.06. The van der Waals surface area contributed by atoms with Crippen molar-refractivity contribution in [2.45, 2.75) is 6.92 Å². The van der Waals surface area contributed by atoms with Crippen molar-refractivity contribution in [2.75, 3.05) is 6.54 Å². The molecule has 1 N–H and O–H groups in total. The quantitative estimate of drug-likeness (QED) is 0.658. The van der Waals surface area contributed by atoms with E-state index in [1.54, 1.807) is 11.0 Å². The molecule has 0 saturated carbocycles. The number of carboxylic acid groups (broad SMARTS) is 1. The van der Waals surface area contributed by atoms with Gasteiger partial charge in [-0.15, -0.1) is 0 Å². The standard InChI is InChI=1S/C11H10N2O3/c1-7-2-3-9-12-11(16)8(4-10(14)15)6-13(9)5-7/h2-5H,6H2,1H3,(H,14,15)/b8-4-. The van der Waals surface area contributed by atoms with Gasteiger partial charge in [0, 0.05) is 17.8 Å². The van der Waals surface area contributed by atoms with Crippen LogP contribution in [-0.2, 0) is 9.59 Å². The van der Waals surface area contributed by atoms with Gasteiger partial charge in [-0.25, -0.2) is 4.79 Å². The minimum atomic E-state index is -1.13. The van der Waals surface area contributed by atoms with Gasteiger partial charge in [-0.1, -0.05) is 6.08 Å². The summed E-state index contributed by atoms with van der Waals surface area (Å²) in [4.78, 5) is 27.5. The molecule has 2 heterocycles. The fourth-order valence-corrected chi connectivity index (χ4v) is 1.57. The largest absolute Gasteiger partial charge is 0.478 e. The van der Waals surface area contributed by atoms with Gasteiger partial charge in [0.2, 0.25) is 0 Å². The lowest BCUT2D eigenvalue weighted by Gasteiger charge is -2.27. The monoisotopic (exact) mass is 218 g/mol. The number of hydrogen-bond donors (Lipinski definition) is 1. The Morgan fingerprint density at radius 2 is 2.31 bits per heavy atom. The number of nitrogens with zero attached hydrogens (tertiary/aromatic N) is 2. The first-order chi connectivity index (χ1) is 7.56. The van der Waals surface area contributed by atoms with Gasteiger partial charge in [0.25, 0.3) is 5.91 Å². The maximum Gasteiger partial charge on any atom is 0.328 e. The Balaban J connectivity index is 2.35. The molecule has 82 valence electrons. The molecule has 2 aliphatic rings. The fourth-order valence-electron chi connectivity index (χ4n) is 1.57. The van der Waals surface area contributed by atoms with Crippen LogP contribution < -0.4 is 0 Å². The highest BCUT2D eigenvalue weighted by Gasteiger charge is 2.23. The van der Waals surface area contributed by atoms with Crippen LogP contribution in [-0.4, -0.2) is 34.3 Å². The van der Waals surface area contributed by atoms with Gasteiger partial charge in [-0.05, 0) is 18.6 Å². The second-order valence-corrected chi connectivity index (χ2v) is 3.62. The lowest BCUT2D eigenvalue weighted by molar-refractivity contribution is -0.131. The van der Waals surface area contributed by atoms with Crippen LogP contribution in [0.4, 0.5) is 0 Å². The molecule has 2 rings (SSSR count). The molecule has 0 unspecified atom stereocenters. The number of carboxylic acids is 1. The number of carbonyl (C=O) groups excluding carboxylic acids is 1. The molecule has 1 amide bonds. The lowest BCUT2D eigenvalue weighted by atomic mass is 10.1. The van der Waals surface area contributed by atoms with E-state index < -0.39 is 11.9 Å². The molecule has 5 nitrogen and oxygen atoms in total. The highest BCUT2D eigenvalue weighted by Crippen LogP contribution is 2.17. The van der Waals surface area contributed by atoms with Gasteiger partial charge in [-0.2, -0.15) is 4.99 Å². The van der Waals surface area contributed by atoms with Crippen molar-refractivity contribution in [1.82, 2.24) is 4.90 Å². The van der Waals surface area contributed by atoms with Gasteiger partial charge in [0.15, 0.2) is 0 Å². The van der Waals surface area contributed by atoms with Crippen molar-refractivity contribution < 1.29 is 14.7 Å². The molecule has 0 spiro atoms. The number of allylic oxidation sites excluding steroid dienone is 2. The van der Waals surface area contributed by atoms with Crippen molar-refractivity contribution in [3.8, 4) is 0 Å². The predicted molar refractivity (Wildman–Crippen MR) is 57.8 cm³/mol. The van der Waals surface area contributed by atoms with Gasteiger partial charge < -0.3 is 10.0 Å². The molecule has 0 bridgehead atoms. The zero-order valence-corrected chi connectivity index (χ0v) is 8.67. The first-order valence-electron chi connectivity index (χ1n) is 4.76. The Morgan fingerprint density at radius 3 is 3.00 bits per heavy atom. The smallest absolute Gasteiger partial charge is 0.328 e. The number of fused-ring (bicyclic) bond motifs is 1. The molecular formula is C11H10N2O3. The molecule has 0 radical (unpaired) electrons. The SMILES string of the molecule is CC1=CN2C/C(=C/C(=O)O)C(=O)N=C2C=C1. The van der Waals surface area contributed by atoms with Gasteiger partial charge in [0.05, 0.1) is 6.54 Å². The van der Waals surface area contributed by atoms with Crippen LogP contribution in [0.3, 0.4) is 0 Å². The van der Waals surface area contributed by atoms with E-state index in [2.05, 4.69) is 4.99 Å². The van der Waals surface area contributed by atoms with E-state index in [1.807, 2.05) is 19.2 Å². The first-order valence-corrected chi connectivity index (χ1v) is 4.76. The Bertz CT molecular complexity index is 483. The van der Waals surface area contributed by atoms with Crippen LogP contribution in [0, 0.1) is 0 Å². The van der Waals surface area contributed by atoms with Crippen LogP contribution >= 0.6 is 0 Å². The summed E-state index contributed by atoms with van der Waals surface area (Å²) in [6.07, 6.45) is 6.34. The maximum absolute atomic E-state index is 11.5. The van der Waals surface area contributed by atoms with E-state index >= 15 is 0 Å². The predicted octanol–water partition coefficient (Wildman–Crippen LogP) is 0.712. The van der Waals surface area contributed by atoms with E-state index in [9.17, 15) is 9.59 Å². The van der Waals surface area contributed by atoms with E-state index in [0.29, 0.717) is 5.84 Å². The number of amides is 1. The maximum atomic E-state index is 11.5. The van der Waals surface area contributed by atoms with Crippen LogP contribution in [0.1, 0.15) is 6.92 Å². The summed E-state index contributed by atoms with van der Waals surface area (Å²) in [7, 11) is 0. The van der Waals surface area contributed by atoms with Crippen molar-refractivity contribution in [2.24, 2.45) is 4.99 Å². The summed E-state index contributed by atoms with van der Waals surface area (Å²) in [6.45, 7) is 2.18. The summed E-state index contributed by atoms with van der Waals surface area (Å²) in [5.41, 5.74) is 1.22. The minimum absolute atomic E-state index is 0.190. The van der Waals surface area contributed by atoms with Crippen molar-refractivity contribution in [1.29, 1.82) is 0 Å². The lowest BCUT2D eigenvalue weighted by Crippen LogP contribution is -2.35. The van der Waals surface area contributed by atoms with Crippen LogP contribution in [0.15, 0.2) is 40.6 Å². The summed E-state index contributed by atoms with van der Waals surface area (Å²) >= 11 is 0. The average Bonchev–Trinajstić information content (AvgIpc) is 2.19. The Morgan fingerprint density at radius 1 is 1.56 bits per heavy atom. The Labute approximate surface area is 92.1 Å². The summed E-state index contributed by atoms with van der Waals surface area (Å²) < 4.78 is 0. The normalized spacial score (nSPS) is 21.7. The average molecular weight is 218 g/mol. The fraction of sp³-hybridized carbons (Fsp3) is 0.182. The van der Waals surface area contributed by atoms with Crippen LogP contribution in [0.2, 0.25) is 0 Å². The first kappa shape index (κ1) is 10.4. The Hall–Kier alpha value is -2.17. The van der Waals surface area contributed by atoms with Gasteiger partial charge in [-0.3, -0.25) is 4.79 Å². The second kappa shape index (κ2) is 3.77. The number of carbonyl (C=O) groups is 2. The number of amidine groups is 1. The molecule has 5 heteroatoms. The van der Waals surface area contributed by atoms with E-state index in [0.717, 1.165) is 11.6 Å². The number of aliphatic imine (C=N–C) groups is 1. The third-order valence-corrected chi connectivity index (χ3v) is 2.28. The molecule has 0 atom stereocenters. The minimum Gasteiger partial charge on any atom is -0.478 e. The molecule has 0 aromatic carbocycles. The molecule has 0 aromatic heterocycles. The molecule has 0 aliphatic carbocycles. The van der Waals surface area contributed by atoms with E-state index in [4.69, 9.17) is 5.11 Å². The van der Waals surface area contributed by atoms with Crippen LogP contribution in [0.25, 0.3) is 0 Å². The summed E-state index contributed by atoms with van der Waals surface area (Å²) in [5, 5.41) is 8.61. The summed E-state index contributed by atoms with van der Waals surface area (Å²) in [6, 6.07) is 0. The van der Waals surface area contributed by atoms with Gasteiger partial charge in [0.1, 0.15) is 5.84 Å². The van der Waals surface area contributed by atoms with E-state index in [-0.39, 0.29) is 12.1 Å². The van der Waals surface area contributed by atoms with Crippen molar-refractivity contribution in [3.05, 3.63) is 35.6 Å². The molecule has 16 heavy (non-hydrogen) atoms. The zero-order valence-electron chi connectivity index (χ0n) is 8.67. The third kappa shape index (κ3) is 1.93. The highest BCUT2D eigenvalue weighted by atomic mass is 16.4. The molecule has 0 saturated heterocycles. The topological polar surface area (TPSA) is 70.0 Å². The molecule has 2 aliphatic heterocycles. The number of hydrogen-bond acceptors (Lipinski definition) is 3. The van der Waals surface area contributed by atoms with Crippen LogP contribution in [0.5, 0.6) is 0 Å². The van der Waals surface area contributed by atoms with Crippen molar-refractivity contribution in [3.63, 3.8) is 0 Å². The Kier molecular flexibility index (Phi) is 2.44. The molecular weight excluding hydrogens is 208 g/mol. The van der Waals surface area contributed by atoms with E-state index in [1.165, 1.54) is 0 Å². The highest BCUT2D eigenvalue weighted by molar-refractivity contribution is 6.12. The third-order valence-electron chi connectivity index (χ3n) is 2.28. The number of aliphatic carboxylic acids is 1.